The fourth-order valence-electron chi connectivity index (χ4n) is 2.08. The Morgan fingerprint density at radius 1 is 1.29 bits per heavy atom. The van der Waals surface area contributed by atoms with Crippen LogP contribution in [0.3, 0.4) is 0 Å². The van der Waals surface area contributed by atoms with Gasteiger partial charge >= 0.3 is 5.97 Å². The number of pyridine rings is 1. The molecule has 126 valence electrons. The minimum absolute atomic E-state index is 0.152. The highest BCUT2D eigenvalue weighted by Crippen LogP contribution is 2.08. The van der Waals surface area contributed by atoms with E-state index in [9.17, 15) is 9.59 Å². The summed E-state index contributed by atoms with van der Waals surface area (Å²) in [5, 5.41) is 0. The number of carbonyl (C=O) groups excluding carboxylic acids is 2. The summed E-state index contributed by atoms with van der Waals surface area (Å²) in [6.07, 6.45) is 8.07. The van der Waals surface area contributed by atoms with Crippen LogP contribution in [0.5, 0.6) is 0 Å². The van der Waals surface area contributed by atoms with Gasteiger partial charge in [-0.15, -0.1) is 0 Å². The number of hydrogen-bond acceptors (Lipinski definition) is 5. The van der Waals surface area contributed by atoms with Crippen molar-refractivity contribution in [3.05, 3.63) is 60.3 Å². The van der Waals surface area contributed by atoms with E-state index >= 15 is 0 Å². The number of hydrogen-bond donors (Lipinski definition) is 0. The van der Waals surface area contributed by atoms with E-state index in [1.165, 1.54) is 6.08 Å². The molecule has 1 amide bonds. The van der Waals surface area contributed by atoms with Crippen LogP contribution in [-0.4, -0.2) is 34.9 Å². The summed E-state index contributed by atoms with van der Waals surface area (Å²) in [5.41, 5.74) is 0.939. The Morgan fingerprint density at radius 2 is 2.08 bits per heavy atom. The Labute approximate surface area is 140 Å². The van der Waals surface area contributed by atoms with Crippen molar-refractivity contribution in [2.45, 2.75) is 19.9 Å². The lowest BCUT2D eigenvalue weighted by Crippen LogP contribution is -2.31. The van der Waals surface area contributed by atoms with Crippen molar-refractivity contribution < 1.29 is 18.7 Å². The van der Waals surface area contributed by atoms with Crippen molar-refractivity contribution in [3.8, 4) is 0 Å². The van der Waals surface area contributed by atoms with E-state index in [1.54, 1.807) is 48.7 Å². The molecule has 6 heteroatoms. The zero-order valence-corrected chi connectivity index (χ0v) is 13.6. The van der Waals surface area contributed by atoms with Gasteiger partial charge in [0.25, 0.3) is 0 Å². The first-order valence-corrected chi connectivity index (χ1v) is 7.74. The van der Waals surface area contributed by atoms with E-state index in [0.717, 1.165) is 5.56 Å². The van der Waals surface area contributed by atoms with Crippen LogP contribution in [0.4, 0.5) is 0 Å². The Morgan fingerprint density at radius 3 is 2.75 bits per heavy atom. The number of furan rings is 1. The van der Waals surface area contributed by atoms with Gasteiger partial charge in [-0.25, -0.2) is 0 Å². The number of nitrogens with zero attached hydrogens (tertiary/aromatic N) is 2. The summed E-state index contributed by atoms with van der Waals surface area (Å²) in [4.78, 5) is 29.6. The molecule has 0 saturated carbocycles. The SMILES string of the molecule is CCOC(=O)CCN(Cc1ccncc1)C(=O)/C=C/c1ccco1. The number of carbonyl (C=O) groups is 2. The van der Waals surface area contributed by atoms with Crippen LogP contribution in [0.25, 0.3) is 6.08 Å². The van der Waals surface area contributed by atoms with Gasteiger partial charge in [0.2, 0.25) is 5.91 Å². The molecule has 2 aromatic rings. The van der Waals surface area contributed by atoms with E-state index < -0.39 is 0 Å². The number of amides is 1. The molecule has 0 unspecified atom stereocenters. The molecule has 2 rings (SSSR count). The molecule has 6 nitrogen and oxygen atoms in total. The summed E-state index contributed by atoms with van der Waals surface area (Å²) in [6.45, 7) is 2.76. The van der Waals surface area contributed by atoms with E-state index in [0.29, 0.717) is 18.9 Å². The second kappa shape index (κ2) is 9.29. The molecule has 0 atom stereocenters. The lowest BCUT2D eigenvalue weighted by atomic mass is 10.2. The molecular formula is C18H20N2O4. The van der Waals surface area contributed by atoms with Crippen LogP contribution in [0, 0.1) is 0 Å². The lowest BCUT2D eigenvalue weighted by molar-refractivity contribution is -0.143. The summed E-state index contributed by atoms with van der Waals surface area (Å²) >= 11 is 0. The third-order valence-electron chi connectivity index (χ3n) is 3.26. The van der Waals surface area contributed by atoms with Crippen molar-refractivity contribution in [2.75, 3.05) is 13.2 Å². The molecule has 0 aliphatic carbocycles. The van der Waals surface area contributed by atoms with Gasteiger partial charge in [-0.1, -0.05) is 0 Å². The molecule has 24 heavy (non-hydrogen) atoms. The van der Waals surface area contributed by atoms with Gasteiger partial charge < -0.3 is 14.1 Å². The smallest absolute Gasteiger partial charge is 0.307 e. The van der Waals surface area contributed by atoms with Gasteiger partial charge in [0.1, 0.15) is 5.76 Å². The molecule has 0 aliphatic rings. The standard InChI is InChI=1S/C18H20N2O4/c1-2-23-18(22)9-12-20(14-15-7-10-19-11-8-15)17(21)6-5-16-4-3-13-24-16/h3-8,10-11,13H,2,9,12,14H2,1H3/b6-5+. The number of aromatic nitrogens is 1. The largest absolute Gasteiger partial charge is 0.466 e. The predicted molar refractivity (Wildman–Crippen MR) is 88.6 cm³/mol. The van der Waals surface area contributed by atoms with Gasteiger partial charge in [0.05, 0.1) is 19.3 Å². The number of ether oxygens (including phenoxy) is 1. The molecule has 0 saturated heterocycles. The fourth-order valence-corrected chi connectivity index (χ4v) is 2.08. The molecule has 0 bridgehead atoms. The quantitative estimate of drug-likeness (QED) is 0.550. The molecule has 0 fully saturated rings. The van der Waals surface area contributed by atoms with Gasteiger partial charge in [0.15, 0.2) is 0 Å². The van der Waals surface area contributed by atoms with E-state index in [2.05, 4.69) is 4.98 Å². The second-order valence-electron chi connectivity index (χ2n) is 5.02. The van der Waals surface area contributed by atoms with Gasteiger partial charge in [-0.2, -0.15) is 0 Å². The van der Waals surface area contributed by atoms with Crippen LogP contribution in [0.1, 0.15) is 24.7 Å². The first kappa shape index (κ1) is 17.5. The fraction of sp³-hybridized carbons (Fsp3) is 0.278. The second-order valence-corrected chi connectivity index (χ2v) is 5.02. The maximum Gasteiger partial charge on any atom is 0.307 e. The Bertz CT molecular complexity index is 666. The highest BCUT2D eigenvalue weighted by Gasteiger charge is 2.14. The monoisotopic (exact) mass is 328 g/mol. The summed E-state index contributed by atoms with van der Waals surface area (Å²) in [5.74, 6) is 0.0742. The Hall–Kier alpha value is -2.89. The predicted octanol–water partition coefficient (Wildman–Crippen LogP) is 2.67. The summed E-state index contributed by atoms with van der Waals surface area (Å²) < 4.78 is 10.1. The topological polar surface area (TPSA) is 72.6 Å². The van der Waals surface area contributed by atoms with Crippen molar-refractivity contribution in [1.29, 1.82) is 0 Å². The zero-order valence-electron chi connectivity index (χ0n) is 13.6. The molecule has 0 spiro atoms. The van der Waals surface area contributed by atoms with E-state index in [4.69, 9.17) is 9.15 Å². The normalized spacial score (nSPS) is 10.7. The minimum atomic E-state index is -0.319. The average molecular weight is 328 g/mol. The van der Waals surface area contributed by atoms with Crippen molar-refractivity contribution in [2.24, 2.45) is 0 Å². The molecule has 2 aromatic heterocycles. The van der Waals surface area contributed by atoms with Crippen molar-refractivity contribution in [3.63, 3.8) is 0 Å². The average Bonchev–Trinajstić information content (AvgIpc) is 3.11. The maximum atomic E-state index is 12.4. The van der Waals surface area contributed by atoms with Crippen molar-refractivity contribution in [1.82, 2.24) is 9.88 Å². The third kappa shape index (κ3) is 5.72. The molecule has 0 radical (unpaired) electrons. The summed E-state index contributed by atoms with van der Waals surface area (Å²) in [7, 11) is 0. The highest BCUT2D eigenvalue weighted by molar-refractivity contribution is 5.91. The van der Waals surface area contributed by atoms with Crippen LogP contribution in [-0.2, 0) is 20.9 Å². The van der Waals surface area contributed by atoms with Gasteiger partial charge in [0, 0.05) is 31.6 Å². The van der Waals surface area contributed by atoms with E-state index in [-0.39, 0.29) is 24.8 Å². The highest BCUT2D eigenvalue weighted by atomic mass is 16.5. The third-order valence-corrected chi connectivity index (χ3v) is 3.26. The van der Waals surface area contributed by atoms with E-state index in [1.807, 2.05) is 12.1 Å². The minimum Gasteiger partial charge on any atom is -0.466 e. The van der Waals surface area contributed by atoms with Crippen LogP contribution < -0.4 is 0 Å². The lowest BCUT2D eigenvalue weighted by Gasteiger charge is -2.21. The number of esters is 1. The summed E-state index contributed by atoms with van der Waals surface area (Å²) in [6, 6.07) is 7.18. The Balaban J connectivity index is 2.03. The first-order valence-electron chi connectivity index (χ1n) is 7.74. The van der Waals surface area contributed by atoms with Crippen LogP contribution in [0.15, 0.2) is 53.4 Å². The molecule has 0 aliphatic heterocycles. The molecule has 2 heterocycles. The van der Waals surface area contributed by atoms with Crippen LogP contribution >= 0.6 is 0 Å². The molecular weight excluding hydrogens is 308 g/mol. The molecule has 0 N–H and O–H groups in total. The van der Waals surface area contributed by atoms with Crippen molar-refractivity contribution >= 4 is 18.0 Å². The van der Waals surface area contributed by atoms with Gasteiger partial charge in [-0.3, -0.25) is 14.6 Å². The van der Waals surface area contributed by atoms with Crippen LogP contribution in [0.2, 0.25) is 0 Å². The zero-order chi connectivity index (χ0) is 17.2. The molecule has 0 aromatic carbocycles. The maximum absolute atomic E-state index is 12.4. The first-order chi connectivity index (χ1) is 11.7. The Kier molecular flexibility index (Phi) is 6.76. The van der Waals surface area contributed by atoms with Gasteiger partial charge in [-0.05, 0) is 42.8 Å². The number of rotatable bonds is 8.